The predicted molar refractivity (Wildman–Crippen MR) is 112 cm³/mol. The number of rotatable bonds is 10. The molecule has 7 nitrogen and oxygen atoms in total. The highest BCUT2D eigenvalue weighted by Crippen LogP contribution is 2.38. The largest absolute Gasteiger partial charge is 0.490 e. The van der Waals surface area contributed by atoms with Crippen molar-refractivity contribution in [2.45, 2.75) is 52.4 Å². The molecule has 1 saturated carbocycles. The Morgan fingerprint density at radius 2 is 1.67 bits per heavy atom. The molecule has 1 heterocycles. The average Bonchev–Trinajstić information content (AvgIpc) is 2.99. The van der Waals surface area contributed by atoms with Gasteiger partial charge in [-0.3, -0.25) is 19.3 Å². The van der Waals surface area contributed by atoms with Crippen LogP contribution in [0.2, 0.25) is 0 Å². The van der Waals surface area contributed by atoms with Crippen molar-refractivity contribution in [2.75, 3.05) is 26.3 Å². The van der Waals surface area contributed by atoms with Gasteiger partial charge in [-0.15, -0.1) is 0 Å². The molecule has 2 aliphatic rings. The first-order valence-corrected chi connectivity index (χ1v) is 11.1. The van der Waals surface area contributed by atoms with E-state index in [4.69, 9.17) is 9.47 Å². The van der Waals surface area contributed by atoms with Crippen LogP contribution in [0.3, 0.4) is 0 Å². The number of nitrogens with one attached hydrogen (secondary N) is 1. The summed E-state index contributed by atoms with van der Waals surface area (Å²) in [5, 5.41) is 2.88. The molecule has 1 aromatic carbocycles. The van der Waals surface area contributed by atoms with E-state index in [1.54, 1.807) is 0 Å². The fourth-order valence-corrected chi connectivity index (χ4v) is 4.35. The Kier molecular flexibility index (Phi) is 7.71. The Hall–Kier alpha value is -2.57. The molecule has 0 spiro atoms. The van der Waals surface area contributed by atoms with Gasteiger partial charge in [-0.2, -0.15) is 0 Å². The van der Waals surface area contributed by atoms with Crippen molar-refractivity contribution in [3.63, 3.8) is 0 Å². The van der Waals surface area contributed by atoms with E-state index in [9.17, 15) is 14.4 Å². The molecule has 7 heteroatoms. The van der Waals surface area contributed by atoms with Crippen molar-refractivity contribution >= 4 is 17.7 Å². The van der Waals surface area contributed by atoms with Crippen molar-refractivity contribution < 1.29 is 23.9 Å². The number of carbonyl (C=O) groups excluding carboxylic acids is 3. The summed E-state index contributed by atoms with van der Waals surface area (Å²) in [6.45, 7) is 5.62. The summed E-state index contributed by atoms with van der Waals surface area (Å²) >= 11 is 0. The van der Waals surface area contributed by atoms with Crippen LogP contribution in [-0.2, 0) is 20.8 Å². The Balaban J connectivity index is 1.44. The Morgan fingerprint density at radius 3 is 2.30 bits per heavy atom. The van der Waals surface area contributed by atoms with Gasteiger partial charge in [0.05, 0.1) is 25.0 Å². The van der Waals surface area contributed by atoms with Crippen LogP contribution in [0, 0.1) is 11.8 Å². The zero-order chi connectivity index (χ0) is 21.5. The van der Waals surface area contributed by atoms with Gasteiger partial charge in [0.2, 0.25) is 17.7 Å². The fraction of sp³-hybridized carbons (Fsp3) is 0.609. The number of nitrogens with zero attached hydrogens (tertiary/aromatic N) is 1. The summed E-state index contributed by atoms with van der Waals surface area (Å²) < 4.78 is 11.2. The van der Waals surface area contributed by atoms with Crippen molar-refractivity contribution in [1.82, 2.24) is 10.2 Å². The molecule has 2 atom stereocenters. The van der Waals surface area contributed by atoms with Gasteiger partial charge in [-0.1, -0.05) is 18.9 Å². The molecule has 0 radical (unpaired) electrons. The van der Waals surface area contributed by atoms with Gasteiger partial charge in [0.15, 0.2) is 11.5 Å². The summed E-state index contributed by atoms with van der Waals surface area (Å²) in [6.07, 6.45) is 4.40. The number of amides is 3. The second-order valence-electron chi connectivity index (χ2n) is 7.82. The fourth-order valence-electron chi connectivity index (χ4n) is 4.35. The third-order valence-corrected chi connectivity index (χ3v) is 5.84. The molecule has 1 aliphatic carbocycles. The lowest BCUT2D eigenvalue weighted by atomic mass is 9.81. The molecular weight excluding hydrogens is 384 g/mol. The summed E-state index contributed by atoms with van der Waals surface area (Å²) in [5.41, 5.74) is 1.04. The molecule has 2 fully saturated rings. The molecule has 1 aromatic rings. The van der Waals surface area contributed by atoms with Crippen LogP contribution in [0.5, 0.6) is 11.5 Å². The molecule has 164 valence electrons. The molecule has 0 bridgehead atoms. The van der Waals surface area contributed by atoms with E-state index in [0.717, 1.165) is 31.2 Å². The van der Waals surface area contributed by atoms with E-state index in [0.29, 0.717) is 37.7 Å². The van der Waals surface area contributed by atoms with Crippen LogP contribution in [0.25, 0.3) is 0 Å². The van der Waals surface area contributed by atoms with Crippen LogP contribution in [0.1, 0.15) is 51.5 Å². The summed E-state index contributed by atoms with van der Waals surface area (Å²) in [5.74, 6) is 0.775. The smallest absolute Gasteiger partial charge is 0.233 e. The third-order valence-electron chi connectivity index (χ3n) is 5.84. The van der Waals surface area contributed by atoms with E-state index in [2.05, 4.69) is 5.32 Å². The SMILES string of the molecule is CCOc1ccc(CCNC(=O)CCN2C(=O)[C@@H]3CCCC[C@H]3C2=O)cc1OCC. The van der Waals surface area contributed by atoms with Crippen LogP contribution in [0.15, 0.2) is 18.2 Å². The molecule has 0 unspecified atom stereocenters. The maximum atomic E-state index is 12.5. The van der Waals surface area contributed by atoms with Gasteiger partial charge in [0, 0.05) is 19.5 Å². The minimum absolute atomic E-state index is 0.0876. The lowest BCUT2D eigenvalue weighted by molar-refractivity contribution is -0.140. The minimum atomic E-state index is -0.159. The second kappa shape index (κ2) is 10.5. The number of ether oxygens (including phenoxy) is 2. The quantitative estimate of drug-likeness (QED) is 0.593. The van der Waals surface area contributed by atoms with Crippen LogP contribution in [0.4, 0.5) is 0 Å². The van der Waals surface area contributed by atoms with Gasteiger partial charge in [-0.05, 0) is 50.8 Å². The predicted octanol–water partition coefficient (Wildman–Crippen LogP) is 2.71. The second-order valence-corrected chi connectivity index (χ2v) is 7.82. The highest BCUT2D eigenvalue weighted by molar-refractivity contribution is 6.05. The molecule has 1 N–H and O–H groups in total. The summed E-state index contributed by atoms with van der Waals surface area (Å²) in [4.78, 5) is 38.5. The summed E-state index contributed by atoms with van der Waals surface area (Å²) in [6, 6.07) is 5.78. The zero-order valence-electron chi connectivity index (χ0n) is 17.9. The molecular formula is C23H32N2O5. The topological polar surface area (TPSA) is 84.9 Å². The minimum Gasteiger partial charge on any atom is -0.490 e. The molecule has 30 heavy (non-hydrogen) atoms. The highest BCUT2D eigenvalue weighted by Gasteiger charge is 2.47. The molecule has 3 rings (SSSR count). The number of benzene rings is 1. The average molecular weight is 417 g/mol. The zero-order valence-corrected chi connectivity index (χ0v) is 17.9. The monoisotopic (exact) mass is 416 g/mol. The number of hydrogen-bond donors (Lipinski definition) is 1. The maximum absolute atomic E-state index is 12.5. The first-order valence-electron chi connectivity index (χ1n) is 11.1. The van der Waals surface area contributed by atoms with Gasteiger partial charge in [0.25, 0.3) is 0 Å². The number of fused-ring (bicyclic) bond motifs is 1. The first-order chi connectivity index (χ1) is 14.5. The highest BCUT2D eigenvalue weighted by atomic mass is 16.5. The number of hydrogen-bond acceptors (Lipinski definition) is 5. The van der Waals surface area contributed by atoms with Gasteiger partial charge in [0.1, 0.15) is 0 Å². The van der Waals surface area contributed by atoms with Crippen LogP contribution < -0.4 is 14.8 Å². The van der Waals surface area contributed by atoms with Crippen LogP contribution in [-0.4, -0.2) is 48.9 Å². The van der Waals surface area contributed by atoms with E-state index in [1.807, 2.05) is 32.0 Å². The van der Waals surface area contributed by atoms with Crippen molar-refractivity contribution in [3.8, 4) is 11.5 Å². The van der Waals surface area contributed by atoms with Crippen molar-refractivity contribution in [1.29, 1.82) is 0 Å². The van der Waals surface area contributed by atoms with E-state index in [-0.39, 0.29) is 42.5 Å². The standard InChI is InChI=1S/C23H32N2O5/c1-3-29-19-10-9-16(15-20(19)30-4-2)11-13-24-21(26)12-14-25-22(27)17-7-5-6-8-18(17)23(25)28/h9-10,15,17-18H,3-8,11-14H2,1-2H3,(H,24,26)/t17-,18-/m1/s1. The lowest BCUT2D eigenvalue weighted by Gasteiger charge is -2.19. The summed E-state index contributed by atoms with van der Waals surface area (Å²) in [7, 11) is 0. The number of imide groups is 1. The van der Waals surface area contributed by atoms with Crippen molar-refractivity contribution in [3.05, 3.63) is 23.8 Å². The third kappa shape index (κ3) is 5.12. The van der Waals surface area contributed by atoms with E-state index < -0.39 is 0 Å². The van der Waals surface area contributed by atoms with E-state index in [1.165, 1.54) is 4.90 Å². The van der Waals surface area contributed by atoms with Crippen LogP contribution >= 0.6 is 0 Å². The first kappa shape index (κ1) is 22.1. The lowest BCUT2D eigenvalue weighted by Crippen LogP contribution is -2.35. The maximum Gasteiger partial charge on any atom is 0.233 e. The Morgan fingerprint density at radius 1 is 1.03 bits per heavy atom. The van der Waals surface area contributed by atoms with Gasteiger partial charge in [-0.25, -0.2) is 0 Å². The molecule has 1 saturated heterocycles. The number of likely N-dealkylation sites (tertiary alicyclic amines) is 1. The molecule has 3 amide bonds. The normalized spacial score (nSPS) is 20.8. The Labute approximate surface area is 178 Å². The van der Waals surface area contributed by atoms with Gasteiger partial charge >= 0.3 is 0 Å². The Bertz CT molecular complexity index is 755. The van der Waals surface area contributed by atoms with Gasteiger partial charge < -0.3 is 14.8 Å². The molecule has 1 aliphatic heterocycles. The molecule has 0 aromatic heterocycles. The van der Waals surface area contributed by atoms with E-state index >= 15 is 0 Å². The van der Waals surface area contributed by atoms with Crippen molar-refractivity contribution in [2.24, 2.45) is 11.8 Å². The number of carbonyl (C=O) groups is 3.